The van der Waals surface area contributed by atoms with E-state index in [1.165, 1.54) is 6.08 Å². The number of likely N-dealkylation sites (N-methyl/N-ethyl adjacent to an activating group) is 1. The first kappa shape index (κ1) is 17.3. The lowest BCUT2D eigenvalue weighted by Gasteiger charge is -2.32. The van der Waals surface area contributed by atoms with Crippen LogP contribution in [0.25, 0.3) is 6.08 Å². The van der Waals surface area contributed by atoms with Gasteiger partial charge >= 0.3 is 0 Å². The Morgan fingerprint density at radius 1 is 1.30 bits per heavy atom. The minimum atomic E-state index is -0.490. The quantitative estimate of drug-likeness (QED) is 0.754. The lowest BCUT2D eigenvalue weighted by Crippen LogP contribution is -2.45. The first-order valence-electron chi connectivity index (χ1n) is 7.78. The SMILES string of the molecule is COc1cccc(/C=C\C(N)=O)c1OCCN1CCN(C)CC1. The van der Waals surface area contributed by atoms with E-state index in [2.05, 4.69) is 16.8 Å². The van der Waals surface area contributed by atoms with Gasteiger partial charge in [-0.25, -0.2) is 0 Å². The fourth-order valence-electron chi connectivity index (χ4n) is 2.50. The summed E-state index contributed by atoms with van der Waals surface area (Å²) in [7, 11) is 3.74. The third kappa shape index (κ3) is 5.26. The van der Waals surface area contributed by atoms with Crippen LogP contribution in [-0.4, -0.2) is 69.2 Å². The number of nitrogens with zero attached hydrogens (tertiary/aromatic N) is 2. The Labute approximate surface area is 137 Å². The number of carbonyl (C=O) groups is 1. The molecular formula is C17H25N3O3. The van der Waals surface area contributed by atoms with E-state index in [9.17, 15) is 4.79 Å². The molecule has 6 nitrogen and oxygen atoms in total. The molecule has 0 atom stereocenters. The van der Waals surface area contributed by atoms with Gasteiger partial charge in [0.2, 0.25) is 5.91 Å². The number of nitrogens with two attached hydrogens (primary N) is 1. The van der Waals surface area contributed by atoms with Gasteiger partial charge in [0.1, 0.15) is 6.61 Å². The van der Waals surface area contributed by atoms with Crippen LogP contribution in [0.15, 0.2) is 24.3 Å². The maximum Gasteiger partial charge on any atom is 0.241 e. The number of methoxy groups -OCH3 is 1. The second-order valence-electron chi connectivity index (χ2n) is 5.61. The molecule has 1 fully saturated rings. The molecule has 0 saturated carbocycles. The Kier molecular flexibility index (Phi) is 6.43. The molecule has 1 aromatic rings. The van der Waals surface area contributed by atoms with Crippen LogP contribution >= 0.6 is 0 Å². The topological polar surface area (TPSA) is 68.0 Å². The highest BCUT2D eigenvalue weighted by atomic mass is 16.5. The van der Waals surface area contributed by atoms with Crippen LogP contribution < -0.4 is 15.2 Å². The summed E-state index contributed by atoms with van der Waals surface area (Å²) < 4.78 is 11.3. The summed E-state index contributed by atoms with van der Waals surface area (Å²) in [6, 6.07) is 5.56. The fourth-order valence-corrected chi connectivity index (χ4v) is 2.50. The number of para-hydroxylation sites is 1. The number of amides is 1. The van der Waals surface area contributed by atoms with Crippen molar-refractivity contribution in [3.63, 3.8) is 0 Å². The zero-order chi connectivity index (χ0) is 16.7. The number of rotatable bonds is 7. The van der Waals surface area contributed by atoms with Crippen molar-refractivity contribution >= 4 is 12.0 Å². The van der Waals surface area contributed by atoms with Crippen LogP contribution in [0.1, 0.15) is 5.56 Å². The summed E-state index contributed by atoms with van der Waals surface area (Å²) in [5.41, 5.74) is 5.94. The molecule has 1 aliphatic heterocycles. The second-order valence-corrected chi connectivity index (χ2v) is 5.61. The number of hydrogen-bond donors (Lipinski definition) is 1. The zero-order valence-corrected chi connectivity index (χ0v) is 13.8. The second kappa shape index (κ2) is 8.55. The number of hydrogen-bond acceptors (Lipinski definition) is 5. The maximum absolute atomic E-state index is 10.9. The molecule has 0 spiro atoms. The highest BCUT2D eigenvalue weighted by molar-refractivity contribution is 5.90. The van der Waals surface area contributed by atoms with E-state index in [1.807, 2.05) is 18.2 Å². The highest BCUT2D eigenvalue weighted by Crippen LogP contribution is 2.32. The number of ether oxygens (including phenoxy) is 2. The van der Waals surface area contributed by atoms with Gasteiger partial charge in [0.05, 0.1) is 7.11 Å². The number of piperazine rings is 1. The van der Waals surface area contributed by atoms with Gasteiger partial charge in [-0.2, -0.15) is 0 Å². The van der Waals surface area contributed by atoms with Crippen molar-refractivity contribution in [1.29, 1.82) is 0 Å². The molecule has 1 aliphatic rings. The van der Waals surface area contributed by atoms with E-state index in [4.69, 9.17) is 15.2 Å². The predicted molar refractivity (Wildman–Crippen MR) is 90.7 cm³/mol. The van der Waals surface area contributed by atoms with Gasteiger partial charge < -0.3 is 20.1 Å². The molecule has 6 heteroatoms. The van der Waals surface area contributed by atoms with E-state index in [-0.39, 0.29) is 0 Å². The third-order valence-corrected chi connectivity index (χ3v) is 3.91. The van der Waals surface area contributed by atoms with E-state index in [1.54, 1.807) is 13.2 Å². The van der Waals surface area contributed by atoms with Gasteiger partial charge in [0.15, 0.2) is 11.5 Å². The number of benzene rings is 1. The standard InChI is InChI=1S/C17H25N3O3/c1-19-8-10-20(11-9-19)12-13-23-17-14(6-7-16(18)21)4-3-5-15(17)22-2/h3-7H,8-13H2,1-2H3,(H2,18,21)/b7-6-. The van der Waals surface area contributed by atoms with Crippen molar-refractivity contribution < 1.29 is 14.3 Å². The van der Waals surface area contributed by atoms with Gasteiger partial charge in [-0.1, -0.05) is 12.1 Å². The molecule has 0 unspecified atom stereocenters. The molecular weight excluding hydrogens is 294 g/mol. The first-order chi connectivity index (χ1) is 11.1. The van der Waals surface area contributed by atoms with Crippen molar-refractivity contribution in [3.05, 3.63) is 29.8 Å². The molecule has 1 heterocycles. The smallest absolute Gasteiger partial charge is 0.241 e. The summed E-state index contributed by atoms with van der Waals surface area (Å²) in [5.74, 6) is 0.799. The molecule has 23 heavy (non-hydrogen) atoms. The molecule has 0 bridgehead atoms. The maximum atomic E-state index is 10.9. The summed E-state index contributed by atoms with van der Waals surface area (Å²) in [4.78, 5) is 15.6. The number of carbonyl (C=O) groups excluding carboxylic acids is 1. The van der Waals surface area contributed by atoms with Crippen LogP contribution in [0.2, 0.25) is 0 Å². The van der Waals surface area contributed by atoms with Crippen molar-refractivity contribution in [2.45, 2.75) is 0 Å². The molecule has 2 rings (SSSR count). The van der Waals surface area contributed by atoms with Gasteiger partial charge in [0, 0.05) is 44.4 Å². The Hall–Kier alpha value is -2.05. The van der Waals surface area contributed by atoms with Gasteiger partial charge in [-0.05, 0) is 19.2 Å². The van der Waals surface area contributed by atoms with Crippen molar-refractivity contribution in [3.8, 4) is 11.5 Å². The summed E-state index contributed by atoms with van der Waals surface area (Å²) in [6.07, 6.45) is 2.97. The largest absolute Gasteiger partial charge is 0.493 e. The van der Waals surface area contributed by atoms with Gasteiger partial charge in [-0.3, -0.25) is 9.69 Å². The minimum Gasteiger partial charge on any atom is -0.493 e. The van der Waals surface area contributed by atoms with Crippen LogP contribution in [0.5, 0.6) is 11.5 Å². The summed E-state index contributed by atoms with van der Waals surface area (Å²) in [6.45, 7) is 5.72. The van der Waals surface area contributed by atoms with Gasteiger partial charge in [0.25, 0.3) is 0 Å². The summed E-state index contributed by atoms with van der Waals surface area (Å²) in [5, 5.41) is 0. The van der Waals surface area contributed by atoms with Gasteiger partial charge in [-0.15, -0.1) is 0 Å². The number of primary amides is 1. The Morgan fingerprint density at radius 2 is 2.04 bits per heavy atom. The van der Waals surface area contributed by atoms with E-state index >= 15 is 0 Å². The van der Waals surface area contributed by atoms with Crippen LogP contribution in [0, 0.1) is 0 Å². The highest BCUT2D eigenvalue weighted by Gasteiger charge is 2.14. The van der Waals surface area contributed by atoms with Crippen LogP contribution in [0.4, 0.5) is 0 Å². The molecule has 1 aromatic carbocycles. The normalized spacial score (nSPS) is 16.6. The molecule has 0 aromatic heterocycles. The molecule has 0 radical (unpaired) electrons. The van der Waals surface area contributed by atoms with Crippen LogP contribution in [0.3, 0.4) is 0 Å². The molecule has 0 aliphatic carbocycles. The lowest BCUT2D eigenvalue weighted by molar-refractivity contribution is -0.113. The minimum absolute atomic E-state index is 0.490. The Bertz CT molecular complexity index is 552. The average molecular weight is 319 g/mol. The monoisotopic (exact) mass is 319 g/mol. The van der Waals surface area contributed by atoms with Crippen molar-refractivity contribution in [2.24, 2.45) is 5.73 Å². The zero-order valence-electron chi connectivity index (χ0n) is 13.8. The predicted octanol–water partition coefficient (Wildman–Crippen LogP) is 0.820. The Balaban J connectivity index is 1.98. The molecule has 126 valence electrons. The summed E-state index contributed by atoms with van der Waals surface area (Å²) >= 11 is 0. The lowest BCUT2D eigenvalue weighted by atomic mass is 10.1. The Morgan fingerprint density at radius 3 is 2.70 bits per heavy atom. The molecule has 1 saturated heterocycles. The van der Waals surface area contributed by atoms with E-state index in [0.717, 1.165) is 38.3 Å². The fraction of sp³-hybridized carbons (Fsp3) is 0.471. The van der Waals surface area contributed by atoms with E-state index in [0.29, 0.717) is 18.1 Å². The molecule has 1 amide bonds. The van der Waals surface area contributed by atoms with E-state index < -0.39 is 5.91 Å². The first-order valence-corrected chi connectivity index (χ1v) is 7.78. The van der Waals surface area contributed by atoms with Crippen molar-refractivity contribution in [2.75, 3.05) is 53.5 Å². The molecule has 2 N–H and O–H groups in total. The third-order valence-electron chi connectivity index (χ3n) is 3.91. The van der Waals surface area contributed by atoms with Crippen molar-refractivity contribution in [1.82, 2.24) is 9.80 Å². The van der Waals surface area contributed by atoms with Crippen LogP contribution in [-0.2, 0) is 4.79 Å². The average Bonchev–Trinajstić information content (AvgIpc) is 2.55.